The molecule has 1 heterocycles. The quantitative estimate of drug-likeness (QED) is 0.918. The average molecular weight is 309 g/mol. The van der Waals surface area contributed by atoms with Crippen LogP contribution in [0, 0.1) is 19.7 Å². The van der Waals surface area contributed by atoms with E-state index in [2.05, 4.69) is 26.2 Å². The number of benzene rings is 1. The van der Waals surface area contributed by atoms with Crippen LogP contribution in [-0.2, 0) is 6.54 Å². The molecule has 1 aromatic carbocycles. The zero-order valence-electron chi connectivity index (χ0n) is 10.3. The lowest BCUT2D eigenvalue weighted by atomic mass is 10.1. The smallest absolute Gasteiger partial charge is 0.137 e. The highest BCUT2D eigenvalue weighted by molar-refractivity contribution is 9.10. The molecule has 0 radical (unpaired) electrons. The molecule has 0 fully saturated rings. The fraction of sp³-hybridized carbons (Fsp3) is 0.214. The van der Waals surface area contributed by atoms with Gasteiger partial charge in [0.15, 0.2) is 0 Å². The van der Waals surface area contributed by atoms with E-state index in [1.165, 1.54) is 11.6 Å². The summed E-state index contributed by atoms with van der Waals surface area (Å²) in [5.41, 5.74) is 4.14. The van der Waals surface area contributed by atoms with Gasteiger partial charge in [0.1, 0.15) is 5.82 Å². The van der Waals surface area contributed by atoms with E-state index < -0.39 is 0 Å². The van der Waals surface area contributed by atoms with E-state index in [9.17, 15) is 4.39 Å². The Labute approximate surface area is 114 Å². The Hall–Kier alpha value is -1.42. The van der Waals surface area contributed by atoms with Crippen molar-refractivity contribution in [2.45, 2.75) is 20.4 Å². The molecule has 0 aliphatic carbocycles. The summed E-state index contributed by atoms with van der Waals surface area (Å²) in [5.74, 6) is -0.240. The first kappa shape index (κ1) is 13.0. The summed E-state index contributed by atoms with van der Waals surface area (Å²) >= 11 is 3.19. The van der Waals surface area contributed by atoms with Crippen molar-refractivity contribution in [3.05, 3.63) is 57.6 Å². The Morgan fingerprint density at radius 3 is 2.78 bits per heavy atom. The number of hydrogen-bond acceptors (Lipinski definition) is 2. The molecule has 2 nitrogen and oxygen atoms in total. The van der Waals surface area contributed by atoms with Gasteiger partial charge in [-0.2, -0.15) is 0 Å². The van der Waals surface area contributed by atoms with Crippen LogP contribution in [0.15, 0.2) is 35.1 Å². The van der Waals surface area contributed by atoms with Crippen molar-refractivity contribution in [1.29, 1.82) is 0 Å². The number of halogens is 2. The second-order valence-electron chi connectivity index (χ2n) is 4.24. The van der Waals surface area contributed by atoms with Gasteiger partial charge in [-0.15, -0.1) is 0 Å². The van der Waals surface area contributed by atoms with Crippen molar-refractivity contribution in [2.75, 3.05) is 5.32 Å². The van der Waals surface area contributed by atoms with Crippen molar-refractivity contribution in [2.24, 2.45) is 0 Å². The molecule has 4 heteroatoms. The molecule has 0 bridgehead atoms. The topological polar surface area (TPSA) is 24.9 Å². The summed E-state index contributed by atoms with van der Waals surface area (Å²) in [5, 5.41) is 3.30. The van der Waals surface area contributed by atoms with Gasteiger partial charge in [0.05, 0.1) is 4.47 Å². The maximum Gasteiger partial charge on any atom is 0.137 e. The highest BCUT2D eigenvalue weighted by Crippen LogP contribution is 2.24. The zero-order valence-corrected chi connectivity index (χ0v) is 11.9. The highest BCUT2D eigenvalue weighted by atomic mass is 79.9. The first-order chi connectivity index (χ1) is 8.58. The van der Waals surface area contributed by atoms with Gasteiger partial charge in [0.25, 0.3) is 0 Å². The number of nitrogens with one attached hydrogen (secondary N) is 1. The van der Waals surface area contributed by atoms with Crippen molar-refractivity contribution in [1.82, 2.24) is 4.98 Å². The predicted molar refractivity (Wildman–Crippen MR) is 75.1 cm³/mol. The number of rotatable bonds is 3. The lowest BCUT2D eigenvalue weighted by molar-refractivity contribution is 0.620. The summed E-state index contributed by atoms with van der Waals surface area (Å²) in [6, 6.07) is 5.25. The standard InChI is InChI=1S/C14H14BrFN2/c1-9-3-4-17-7-11(9)8-18-14-6-12(15)13(16)5-10(14)2/h3-7,18H,8H2,1-2H3. The molecule has 0 aliphatic rings. The third-order valence-electron chi connectivity index (χ3n) is 2.88. The summed E-state index contributed by atoms with van der Waals surface area (Å²) < 4.78 is 13.8. The van der Waals surface area contributed by atoms with E-state index in [4.69, 9.17) is 0 Å². The largest absolute Gasteiger partial charge is 0.381 e. The maximum absolute atomic E-state index is 13.3. The molecule has 18 heavy (non-hydrogen) atoms. The van der Waals surface area contributed by atoms with Crippen LogP contribution in [0.3, 0.4) is 0 Å². The molecule has 0 spiro atoms. The molecule has 2 aromatic rings. The van der Waals surface area contributed by atoms with Crippen molar-refractivity contribution >= 4 is 21.6 Å². The lowest BCUT2D eigenvalue weighted by Gasteiger charge is -2.11. The number of nitrogens with zero attached hydrogens (tertiary/aromatic N) is 1. The molecular weight excluding hydrogens is 295 g/mol. The van der Waals surface area contributed by atoms with Gasteiger partial charge < -0.3 is 5.32 Å². The fourth-order valence-corrected chi connectivity index (χ4v) is 2.05. The van der Waals surface area contributed by atoms with Crippen LogP contribution in [0.4, 0.5) is 10.1 Å². The van der Waals surface area contributed by atoms with E-state index in [1.54, 1.807) is 12.3 Å². The highest BCUT2D eigenvalue weighted by Gasteiger charge is 2.05. The average Bonchev–Trinajstić information content (AvgIpc) is 2.34. The van der Waals surface area contributed by atoms with Crippen LogP contribution < -0.4 is 5.32 Å². The summed E-state index contributed by atoms with van der Waals surface area (Å²) in [6.07, 6.45) is 3.62. The predicted octanol–water partition coefficient (Wildman–Crippen LogP) is 4.21. The van der Waals surface area contributed by atoms with E-state index in [-0.39, 0.29) is 5.82 Å². The number of hydrogen-bond donors (Lipinski definition) is 1. The molecule has 1 aromatic heterocycles. The van der Waals surface area contributed by atoms with Gasteiger partial charge in [-0.1, -0.05) is 0 Å². The van der Waals surface area contributed by atoms with E-state index >= 15 is 0 Å². The minimum atomic E-state index is -0.240. The minimum Gasteiger partial charge on any atom is -0.381 e. The molecule has 0 unspecified atom stereocenters. The van der Waals surface area contributed by atoms with E-state index in [0.717, 1.165) is 16.8 Å². The van der Waals surface area contributed by atoms with Gasteiger partial charge in [-0.25, -0.2) is 4.39 Å². The maximum atomic E-state index is 13.3. The monoisotopic (exact) mass is 308 g/mol. The van der Waals surface area contributed by atoms with Crippen LogP contribution in [0.5, 0.6) is 0 Å². The van der Waals surface area contributed by atoms with E-state index in [0.29, 0.717) is 11.0 Å². The first-order valence-corrected chi connectivity index (χ1v) is 6.46. The molecule has 2 rings (SSSR count). The molecule has 0 atom stereocenters. The SMILES string of the molecule is Cc1ccncc1CNc1cc(Br)c(F)cc1C. The van der Waals surface area contributed by atoms with Crippen LogP contribution in [0.25, 0.3) is 0 Å². The third kappa shape index (κ3) is 2.88. The number of aromatic nitrogens is 1. The molecule has 1 N–H and O–H groups in total. The van der Waals surface area contributed by atoms with Crippen molar-refractivity contribution in [3.63, 3.8) is 0 Å². The van der Waals surface area contributed by atoms with Crippen molar-refractivity contribution in [3.8, 4) is 0 Å². The zero-order chi connectivity index (χ0) is 13.1. The Balaban J connectivity index is 2.16. The second kappa shape index (κ2) is 5.48. The van der Waals surface area contributed by atoms with Gasteiger partial charge in [0, 0.05) is 24.6 Å². The van der Waals surface area contributed by atoms with Crippen molar-refractivity contribution < 1.29 is 4.39 Å². The fourth-order valence-electron chi connectivity index (χ4n) is 1.71. The van der Waals surface area contributed by atoms with Crippen LogP contribution in [0.1, 0.15) is 16.7 Å². The molecule has 0 aliphatic heterocycles. The van der Waals surface area contributed by atoms with E-state index in [1.807, 2.05) is 26.1 Å². The normalized spacial score (nSPS) is 10.4. The molecule has 0 saturated carbocycles. The lowest BCUT2D eigenvalue weighted by Crippen LogP contribution is -2.03. The summed E-state index contributed by atoms with van der Waals surface area (Å²) in [6.45, 7) is 4.61. The minimum absolute atomic E-state index is 0.240. The Kier molecular flexibility index (Phi) is 3.97. The van der Waals surface area contributed by atoms with Gasteiger partial charge in [0.2, 0.25) is 0 Å². The van der Waals surface area contributed by atoms with Crippen LogP contribution >= 0.6 is 15.9 Å². The summed E-state index contributed by atoms with van der Waals surface area (Å²) in [7, 11) is 0. The Bertz CT molecular complexity index is 570. The Morgan fingerprint density at radius 2 is 2.06 bits per heavy atom. The summed E-state index contributed by atoms with van der Waals surface area (Å²) in [4.78, 5) is 4.10. The van der Waals surface area contributed by atoms with Gasteiger partial charge in [-0.05, 0) is 64.7 Å². The first-order valence-electron chi connectivity index (χ1n) is 5.67. The Morgan fingerprint density at radius 1 is 1.28 bits per heavy atom. The van der Waals surface area contributed by atoms with Gasteiger partial charge >= 0.3 is 0 Å². The third-order valence-corrected chi connectivity index (χ3v) is 3.49. The number of anilines is 1. The number of aryl methyl sites for hydroxylation is 2. The molecule has 0 amide bonds. The molecule has 0 saturated heterocycles. The molecule has 94 valence electrons. The second-order valence-corrected chi connectivity index (χ2v) is 5.09. The van der Waals surface area contributed by atoms with Crippen LogP contribution in [0.2, 0.25) is 0 Å². The van der Waals surface area contributed by atoms with Crippen LogP contribution in [-0.4, -0.2) is 4.98 Å². The molecular formula is C14H14BrFN2. The number of pyridine rings is 1. The van der Waals surface area contributed by atoms with Gasteiger partial charge in [-0.3, -0.25) is 4.98 Å².